The minimum atomic E-state index is -4.36. The molecule has 0 heterocycles. The molecule has 1 N–H and O–H groups in total. The normalized spacial score (nSPS) is 14.1. The largest absolute Gasteiger partial charge is 0.472 e. The first-order valence-corrected chi connectivity index (χ1v) is 19.6. The van der Waals surface area contributed by atoms with Gasteiger partial charge in [-0.05, 0) is 44.9 Å². The van der Waals surface area contributed by atoms with Crippen molar-refractivity contribution in [1.82, 2.24) is 0 Å². The second-order valence-electron chi connectivity index (χ2n) is 13.3. The van der Waals surface area contributed by atoms with Gasteiger partial charge in [0, 0.05) is 12.8 Å². The first-order valence-electron chi connectivity index (χ1n) is 18.1. The van der Waals surface area contributed by atoms with Crippen molar-refractivity contribution in [1.29, 1.82) is 0 Å². The summed E-state index contributed by atoms with van der Waals surface area (Å²) in [6.45, 7) is 4.31. The highest BCUT2D eigenvalue weighted by molar-refractivity contribution is 7.47. The number of esters is 2. The highest BCUT2D eigenvalue weighted by Gasteiger charge is 2.27. The minimum absolute atomic E-state index is 0.0297. The van der Waals surface area contributed by atoms with Crippen molar-refractivity contribution in [2.45, 2.75) is 148 Å². The number of rotatable bonds is 32. The van der Waals surface area contributed by atoms with Gasteiger partial charge >= 0.3 is 19.8 Å². The summed E-state index contributed by atoms with van der Waals surface area (Å²) in [6.07, 6.45) is 28.1. The number of hydrogen-bond donors (Lipinski definition) is 1. The first kappa shape index (κ1) is 44.5. The lowest BCUT2D eigenvalue weighted by Gasteiger charge is -2.24. The van der Waals surface area contributed by atoms with E-state index in [1.54, 1.807) is 0 Å². The van der Waals surface area contributed by atoms with Crippen LogP contribution in [0.2, 0.25) is 0 Å². The van der Waals surface area contributed by atoms with Crippen molar-refractivity contribution in [2.24, 2.45) is 0 Å². The predicted molar refractivity (Wildman–Crippen MR) is 187 cm³/mol. The van der Waals surface area contributed by atoms with Crippen LogP contribution in [0.25, 0.3) is 0 Å². The van der Waals surface area contributed by atoms with Gasteiger partial charge in [-0.25, -0.2) is 4.57 Å². The van der Waals surface area contributed by atoms with E-state index in [0.717, 1.165) is 57.8 Å². The molecule has 0 aliphatic carbocycles. The Bertz CT molecular complexity index is 855. The zero-order valence-corrected chi connectivity index (χ0v) is 31.0. The lowest BCUT2D eigenvalue weighted by atomic mass is 10.1. The number of allylic oxidation sites excluding steroid dienone is 4. The third-order valence-corrected chi connectivity index (χ3v) is 8.47. The molecule has 0 rings (SSSR count). The molecule has 0 spiro atoms. The Kier molecular flexibility index (Phi) is 28.6. The summed E-state index contributed by atoms with van der Waals surface area (Å²) < 4.78 is 34.0. The molecule has 0 fully saturated rings. The lowest BCUT2D eigenvalue weighted by Crippen LogP contribution is -2.37. The van der Waals surface area contributed by atoms with Gasteiger partial charge in [0.1, 0.15) is 19.8 Å². The van der Waals surface area contributed by atoms with Gasteiger partial charge in [-0.1, -0.05) is 109 Å². The summed E-state index contributed by atoms with van der Waals surface area (Å²) in [5.41, 5.74) is 0. The van der Waals surface area contributed by atoms with Crippen LogP contribution in [0.1, 0.15) is 142 Å². The number of nitrogens with zero attached hydrogens (tertiary/aromatic N) is 1. The second kappa shape index (κ2) is 29.6. The molecule has 0 radical (unpaired) electrons. The van der Waals surface area contributed by atoms with E-state index in [2.05, 4.69) is 38.2 Å². The zero-order valence-electron chi connectivity index (χ0n) is 30.1. The number of phosphoric acid groups is 1. The molecule has 1 unspecified atom stereocenters. The Balaban J connectivity index is 4.45. The van der Waals surface area contributed by atoms with Crippen molar-refractivity contribution in [3.63, 3.8) is 0 Å². The Morgan fingerprint density at radius 3 is 1.76 bits per heavy atom. The van der Waals surface area contributed by atoms with Crippen LogP contribution >= 0.6 is 7.82 Å². The monoisotopic (exact) mass is 674 g/mol. The highest BCUT2D eigenvalue weighted by Crippen LogP contribution is 2.43. The van der Waals surface area contributed by atoms with Crippen molar-refractivity contribution < 1.29 is 42.1 Å². The van der Waals surface area contributed by atoms with Gasteiger partial charge < -0.3 is 18.9 Å². The molecule has 0 aromatic carbocycles. The van der Waals surface area contributed by atoms with Crippen LogP contribution in [0.15, 0.2) is 24.3 Å². The van der Waals surface area contributed by atoms with Crippen molar-refractivity contribution >= 4 is 19.8 Å². The van der Waals surface area contributed by atoms with Crippen LogP contribution in [-0.4, -0.2) is 74.9 Å². The maximum absolute atomic E-state index is 12.6. The van der Waals surface area contributed by atoms with Crippen LogP contribution < -0.4 is 0 Å². The number of carbonyl (C=O) groups is 2. The van der Waals surface area contributed by atoms with E-state index in [9.17, 15) is 19.0 Å². The highest BCUT2D eigenvalue weighted by atomic mass is 31.2. The minimum Gasteiger partial charge on any atom is -0.462 e. The first-order chi connectivity index (χ1) is 22.0. The van der Waals surface area contributed by atoms with Crippen LogP contribution in [-0.2, 0) is 32.7 Å². The Labute approximate surface area is 281 Å². The fourth-order valence-electron chi connectivity index (χ4n) is 4.57. The standard InChI is InChI=1S/C36H68NO8P/c1-6-8-10-12-14-15-16-17-18-19-20-21-23-25-27-29-36(39)45-34(33-44-46(40,41)43-31-30-37(3,4)5)32-42-35(38)28-26-24-22-13-11-9-7-2/h14-15,17-18,34H,6-13,16,19-33H2,1-5H3/p+1/b15-14-,18-17-/t34-/m1/s1. The van der Waals surface area contributed by atoms with Gasteiger partial charge in [0.2, 0.25) is 0 Å². The average molecular weight is 675 g/mol. The Morgan fingerprint density at radius 2 is 1.17 bits per heavy atom. The molecule has 0 bridgehead atoms. The number of ether oxygens (including phenoxy) is 2. The molecule has 0 saturated heterocycles. The van der Waals surface area contributed by atoms with Crippen molar-refractivity contribution in [2.75, 3.05) is 47.5 Å². The molecule has 2 atom stereocenters. The van der Waals surface area contributed by atoms with E-state index in [1.807, 2.05) is 21.1 Å². The van der Waals surface area contributed by atoms with Gasteiger partial charge in [0.25, 0.3) is 0 Å². The molecule has 0 saturated carbocycles. The van der Waals surface area contributed by atoms with Crippen LogP contribution in [0, 0.1) is 0 Å². The van der Waals surface area contributed by atoms with E-state index in [1.165, 1.54) is 51.4 Å². The topological polar surface area (TPSA) is 108 Å². The van der Waals surface area contributed by atoms with Gasteiger partial charge in [-0.3, -0.25) is 18.6 Å². The van der Waals surface area contributed by atoms with Gasteiger partial charge in [0.05, 0.1) is 27.7 Å². The molecule has 10 heteroatoms. The van der Waals surface area contributed by atoms with E-state index in [0.29, 0.717) is 17.4 Å². The molecule has 0 aromatic heterocycles. The fraction of sp³-hybridized carbons (Fsp3) is 0.833. The van der Waals surface area contributed by atoms with Gasteiger partial charge in [-0.15, -0.1) is 0 Å². The summed E-state index contributed by atoms with van der Waals surface area (Å²) in [6, 6.07) is 0. The number of likely N-dealkylation sites (N-methyl/N-ethyl adjacent to an activating group) is 1. The quantitative estimate of drug-likeness (QED) is 0.0247. The summed E-state index contributed by atoms with van der Waals surface area (Å²) in [4.78, 5) is 34.9. The number of carbonyl (C=O) groups excluding carboxylic acids is 2. The zero-order chi connectivity index (χ0) is 34.4. The Hall–Kier alpha value is -1.51. The van der Waals surface area contributed by atoms with E-state index in [4.69, 9.17) is 18.5 Å². The molecular formula is C36H69NO8P+. The third-order valence-electron chi connectivity index (χ3n) is 7.48. The third kappa shape index (κ3) is 32.4. The summed E-state index contributed by atoms with van der Waals surface area (Å²) in [5, 5.41) is 0. The summed E-state index contributed by atoms with van der Waals surface area (Å²) in [7, 11) is 1.46. The molecular weight excluding hydrogens is 605 g/mol. The molecule has 270 valence electrons. The number of hydrogen-bond acceptors (Lipinski definition) is 7. The van der Waals surface area contributed by atoms with E-state index >= 15 is 0 Å². The second-order valence-corrected chi connectivity index (χ2v) is 14.7. The molecule has 0 amide bonds. The van der Waals surface area contributed by atoms with Crippen LogP contribution in [0.3, 0.4) is 0 Å². The smallest absolute Gasteiger partial charge is 0.462 e. The Morgan fingerprint density at radius 1 is 0.674 bits per heavy atom. The molecule has 9 nitrogen and oxygen atoms in total. The molecule has 0 aliphatic rings. The van der Waals surface area contributed by atoms with Crippen molar-refractivity contribution in [3.8, 4) is 0 Å². The van der Waals surface area contributed by atoms with E-state index < -0.39 is 26.5 Å². The molecule has 0 aromatic rings. The van der Waals surface area contributed by atoms with Gasteiger partial charge in [0.15, 0.2) is 6.10 Å². The SMILES string of the molecule is CCCCC/C=C\C/C=C\CCCCCCCC(=O)O[C@H](COC(=O)CCCCCCCCC)COP(=O)(O)OCC[N+](C)(C)C. The van der Waals surface area contributed by atoms with E-state index in [-0.39, 0.29) is 32.0 Å². The maximum Gasteiger partial charge on any atom is 0.472 e. The molecule has 46 heavy (non-hydrogen) atoms. The van der Waals surface area contributed by atoms with Crippen LogP contribution in [0.5, 0.6) is 0 Å². The number of unbranched alkanes of at least 4 members (excludes halogenated alkanes) is 14. The predicted octanol–water partition coefficient (Wildman–Crippen LogP) is 9.24. The summed E-state index contributed by atoms with van der Waals surface area (Å²) >= 11 is 0. The lowest BCUT2D eigenvalue weighted by molar-refractivity contribution is -0.870. The molecule has 0 aliphatic heterocycles. The summed E-state index contributed by atoms with van der Waals surface area (Å²) in [5.74, 6) is -0.823. The van der Waals surface area contributed by atoms with Crippen molar-refractivity contribution in [3.05, 3.63) is 24.3 Å². The van der Waals surface area contributed by atoms with Crippen LogP contribution in [0.4, 0.5) is 0 Å². The number of quaternary nitrogens is 1. The number of phosphoric ester groups is 1. The maximum atomic E-state index is 12.6. The van der Waals surface area contributed by atoms with Gasteiger partial charge in [-0.2, -0.15) is 0 Å². The fourth-order valence-corrected chi connectivity index (χ4v) is 5.31. The average Bonchev–Trinajstić information content (AvgIpc) is 2.99.